The first-order valence-corrected chi connectivity index (χ1v) is 14.8. The van der Waals surface area contributed by atoms with Crippen LogP contribution < -0.4 is 0 Å². The summed E-state index contributed by atoms with van der Waals surface area (Å²) >= 11 is 0. The summed E-state index contributed by atoms with van der Waals surface area (Å²) in [5.41, 5.74) is -11.0. The molecule has 0 amide bonds. The van der Waals surface area contributed by atoms with Crippen LogP contribution in [0.2, 0.25) is 0 Å². The lowest BCUT2D eigenvalue weighted by atomic mass is 9.60. The second-order valence-electron chi connectivity index (χ2n) is 12.8. The molecule has 2 heterocycles. The van der Waals surface area contributed by atoms with E-state index < -0.39 is 83.8 Å². The van der Waals surface area contributed by atoms with Crippen molar-refractivity contribution >= 4 is 0 Å². The van der Waals surface area contributed by atoms with E-state index in [0.717, 1.165) is 0 Å². The largest absolute Gasteiger partial charge is 0.396 e. The Labute approximate surface area is 235 Å². The molecule has 0 aromatic carbocycles. The molecule has 0 aromatic heterocycles. The molecule has 12 nitrogen and oxygen atoms in total. The smallest absolute Gasteiger partial charge is 0.164 e. The van der Waals surface area contributed by atoms with E-state index in [9.17, 15) is 46.0 Å². The predicted molar refractivity (Wildman–Crippen MR) is 140 cm³/mol. The first-order chi connectivity index (χ1) is 18.8. The molecule has 234 valence electrons. The summed E-state index contributed by atoms with van der Waals surface area (Å²) in [4.78, 5) is 0. The summed E-state index contributed by atoms with van der Waals surface area (Å²) in [6, 6.07) is 0. The molecule has 2 aliphatic heterocycles. The number of ether oxygens (including phenoxy) is 3. The molecule has 0 bridgehead atoms. The number of hydrogen-bond acceptors (Lipinski definition) is 12. The number of epoxide rings is 2. The maximum absolute atomic E-state index is 11.7. The van der Waals surface area contributed by atoms with Crippen molar-refractivity contribution in [1.82, 2.24) is 0 Å². The van der Waals surface area contributed by atoms with E-state index in [1.54, 1.807) is 13.8 Å². The highest BCUT2D eigenvalue weighted by atomic mass is 16.6. The van der Waals surface area contributed by atoms with Crippen LogP contribution in [0.5, 0.6) is 0 Å². The van der Waals surface area contributed by atoms with Gasteiger partial charge in [-0.1, -0.05) is 39.5 Å². The summed E-state index contributed by atoms with van der Waals surface area (Å²) in [5, 5.41) is 102. The van der Waals surface area contributed by atoms with Gasteiger partial charge in [-0.15, -0.1) is 0 Å². The SMILES string of the molecule is CCC(CO)(COC(O)C(CC)(CO)C(O)C1(O)CCCCC1(O)C1CO1)C(O)C1(O)CCCCC1(O)C1CO1. The molecule has 9 N–H and O–H groups in total. The van der Waals surface area contributed by atoms with Crippen LogP contribution in [0, 0.1) is 10.8 Å². The van der Waals surface area contributed by atoms with Crippen molar-refractivity contribution in [3.63, 3.8) is 0 Å². The minimum atomic E-state index is -2.11. The van der Waals surface area contributed by atoms with Crippen molar-refractivity contribution in [3.8, 4) is 0 Å². The lowest BCUT2D eigenvalue weighted by Gasteiger charge is -2.55. The Bertz CT molecular complexity index is 858. The van der Waals surface area contributed by atoms with Crippen molar-refractivity contribution in [1.29, 1.82) is 0 Å². The minimum Gasteiger partial charge on any atom is -0.396 e. The molecule has 2 saturated carbocycles. The first kappa shape index (κ1) is 32.4. The third-order valence-corrected chi connectivity index (χ3v) is 11.0. The van der Waals surface area contributed by atoms with Gasteiger partial charge in [0.1, 0.15) is 34.6 Å². The Morgan fingerprint density at radius 3 is 1.55 bits per heavy atom. The average molecular weight is 579 g/mol. The van der Waals surface area contributed by atoms with Gasteiger partial charge in [0.05, 0.1) is 50.7 Å². The molecular formula is C28H50O12. The molecular weight excluding hydrogens is 528 g/mol. The number of aliphatic hydroxyl groups excluding tert-OH is 5. The molecule has 12 heteroatoms. The third-order valence-electron chi connectivity index (χ3n) is 11.0. The standard InChI is InChI=1S/C28H50O12/c1-3-23(15-29,20(31)27(36)11-7-5-9-25(27,34)18-13-38-18)17-40-22(33)24(4-2,16-30)21(32)28(37)12-8-6-10-26(28,35)19-14-39-19/h18-22,29-37H,3-17H2,1-2H3. The lowest BCUT2D eigenvalue weighted by Crippen LogP contribution is -2.71. The topological polar surface area (TPSA) is 216 Å². The highest BCUT2D eigenvalue weighted by molar-refractivity contribution is 5.18. The molecule has 4 fully saturated rings. The van der Waals surface area contributed by atoms with Crippen molar-refractivity contribution < 1.29 is 60.2 Å². The van der Waals surface area contributed by atoms with Gasteiger partial charge in [-0.25, -0.2) is 0 Å². The normalized spacial score (nSPS) is 43.3. The molecule has 0 radical (unpaired) electrons. The quantitative estimate of drug-likeness (QED) is 0.0867. The van der Waals surface area contributed by atoms with Crippen LogP contribution in [0.1, 0.15) is 78.1 Å². The van der Waals surface area contributed by atoms with Gasteiger partial charge in [0.15, 0.2) is 6.29 Å². The van der Waals surface area contributed by atoms with Crippen LogP contribution in [-0.2, 0) is 14.2 Å². The molecule has 0 spiro atoms. The third kappa shape index (κ3) is 4.86. The van der Waals surface area contributed by atoms with Crippen molar-refractivity contribution in [2.75, 3.05) is 33.0 Å². The van der Waals surface area contributed by atoms with Gasteiger partial charge >= 0.3 is 0 Å². The average Bonchev–Trinajstić information content (AvgIpc) is 3.86. The number of rotatable bonds is 14. The Hall–Kier alpha value is -0.480. The number of hydrogen-bond donors (Lipinski definition) is 9. The lowest BCUT2D eigenvalue weighted by molar-refractivity contribution is -0.308. The van der Waals surface area contributed by atoms with E-state index in [1.807, 2.05) is 0 Å². The predicted octanol–water partition coefficient (Wildman–Crippen LogP) is -1.31. The second kappa shape index (κ2) is 11.5. The van der Waals surface area contributed by atoms with E-state index in [2.05, 4.69) is 0 Å². The van der Waals surface area contributed by atoms with Crippen molar-refractivity contribution in [2.24, 2.45) is 10.8 Å². The number of aliphatic hydroxyl groups is 9. The van der Waals surface area contributed by atoms with Crippen LogP contribution >= 0.6 is 0 Å². The van der Waals surface area contributed by atoms with Crippen molar-refractivity contribution in [3.05, 3.63) is 0 Å². The van der Waals surface area contributed by atoms with Crippen LogP contribution in [0.3, 0.4) is 0 Å². The van der Waals surface area contributed by atoms with Crippen LogP contribution in [0.25, 0.3) is 0 Å². The summed E-state index contributed by atoms with van der Waals surface area (Å²) in [7, 11) is 0. The zero-order chi connectivity index (χ0) is 29.6. The van der Waals surface area contributed by atoms with Gasteiger partial charge in [0, 0.05) is 5.41 Å². The van der Waals surface area contributed by atoms with E-state index in [1.165, 1.54) is 0 Å². The Balaban J connectivity index is 1.58. The fraction of sp³-hybridized carbons (Fsp3) is 1.00. The maximum Gasteiger partial charge on any atom is 0.164 e. The van der Waals surface area contributed by atoms with Gasteiger partial charge in [0.2, 0.25) is 0 Å². The Morgan fingerprint density at radius 2 is 1.18 bits per heavy atom. The van der Waals surface area contributed by atoms with Crippen LogP contribution in [0.15, 0.2) is 0 Å². The molecule has 11 unspecified atom stereocenters. The maximum atomic E-state index is 11.7. The molecule has 11 atom stereocenters. The van der Waals surface area contributed by atoms with Gasteiger partial charge in [-0.2, -0.15) is 0 Å². The molecule has 40 heavy (non-hydrogen) atoms. The Morgan fingerprint density at radius 1 is 0.725 bits per heavy atom. The molecule has 2 aliphatic carbocycles. The van der Waals surface area contributed by atoms with E-state index >= 15 is 0 Å². The highest BCUT2D eigenvalue weighted by Gasteiger charge is 2.68. The van der Waals surface area contributed by atoms with Crippen molar-refractivity contribution in [2.45, 2.75) is 131 Å². The summed E-state index contributed by atoms with van der Waals surface area (Å²) in [5.74, 6) is 0. The molecule has 4 rings (SSSR count). The van der Waals surface area contributed by atoms with Gasteiger partial charge in [-0.3, -0.25) is 0 Å². The Kier molecular flexibility index (Phi) is 9.37. The van der Waals surface area contributed by atoms with Gasteiger partial charge in [0.25, 0.3) is 0 Å². The van der Waals surface area contributed by atoms with Crippen LogP contribution in [-0.4, -0.2) is 132 Å². The van der Waals surface area contributed by atoms with Gasteiger partial charge < -0.3 is 60.2 Å². The fourth-order valence-electron chi connectivity index (χ4n) is 7.51. The van der Waals surface area contributed by atoms with Crippen LogP contribution in [0.4, 0.5) is 0 Å². The molecule has 0 aromatic rings. The fourth-order valence-corrected chi connectivity index (χ4v) is 7.51. The van der Waals surface area contributed by atoms with E-state index in [-0.39, 0.29) is 51.7 Å². The van der Waals surface area contributed by atoms with E-state index in [0.29, 0.717) is 25.7 Å². The highest BCUT2D eigenvalue weighted by Crippen LogP contribution is 2.53. The minimum absolute atomic E-state index is 0.0160. The molecule has 2 saturated heterocycles. The first-order valence-electron chi connectivity index (χ1n) is 14.8. The van der Waals surface area contributed by atoms with E-state index in [4.69, 9.17) is 14.2 Å². The summed E-state index contributed by atoms with van der Waals surface area (Å²) in [6.07, 6.45) is -3.93. The summed E-state index contributed by atoms with van der Waals surface area (Å²) in [6.45, 7) is 1.76. The monoisotopic (exact) mass is 578 g/mol. The zero-order valence-corrected chi connectivity index (χ0v) is 23.7. The molecule has 4 aliphatic rings. The zero-order valence-electron chi connectivity index (χ0n) is 23.7. The second-order valence-corrected chi connectivity index (χ2v) is 12.8. The summed E-state index contributed by atoms with van der Waals surface area (Å²) < 4.78 is 16.4. The van der Waals surface area contributed by atoms with Gasteiger partial charge in [-0.05, 0) is 38.5 Å².